The predicted molar refractivity (Wildman–Crippen MR) is 126 cm³/mol. The molecule has 0 amide bonds. The Morgan fingerprint density at radius 1 is 1.28 bits per heavy atom. The van der Waals surface area contributed by atoms with Crippen LogP contribution in [0.15, 0.2) is 39.9 Å². The fourth-order valence-electron chi connectivity index (χ4n) is 4.04. The van der Waals surface area contributed by atoms with E-state index in [0.29, 0.717) is 17.9 Å². The van der Waals surface area contributed by atoms with E-state index >= 15 is 0 Å². The van der Waals surface area contributed by atoms with Gasteiger partial charge in [-0.05, 0) is 38.8 Å². The summed E-state index contributed by atoms with van der Waals surface area (Å²) in [6.45, 7) is 9.65. The van der Waals surface area contributed by atoms with Gasteiger partial charge >= 0.3 is 0 Å². The number of oxazole rings is 1. The Bertz CT molecular complexity index is 812. The number of aromatic nitrogens is 1. The Balaban J connectivity index is 0.00000240. The zero-order chi connectivity index (χ0) is 19.4. The molecule has 2 aliphatic heterocycles. The average molecular weight is 510 g/mol. The minimum Gasteiger partial charge on any atom is -0.444 e. The lowest BCUT2D eigenvalue weighted by Gasteiger charge is -2.24. The van der Waals surface area contributed by atoms with E-state index in [1.807, 2.05) is 12.1 Å². The van der Waals surface area contributed by atoms with Crippen molar-refractivity contribution < 1.29 is 9.15 Å². The summed E-state index contributed by atoms with van der Waals surface area (Å²) in [5.41, 5.74) is 3.52. The van der Waals surface area contributed by atoms with Crippen LogP contribution >= 0.6 is 24.0 Å². The maximum atomic E-state index is 5.66. The number of nitrogens with one attached hydrogen (secondary N) is 1. The second-order valence-corrected chi connectivity index (χ2v) is 7.97. The summed E-state index contributed by atoms with van der Waals surface area (Å²) >= 11 is 0. The Kier molecular flexibility index (Phi) is 7.56. The molecule has 1 atom stereocenters. The van der Waals surface area contributed by atoms with Crippen LogP contribution in [0.25, 0.3) is 11.5 Å². The summed E-state index contributed by atoms with van der Waals surface area (Å²) in [7, 11) is 0. The lowest BCUT2D eigenvalue weighted by Crippen LogP contribution is -2.41. The first-order valence-electron chi connectivity index (χ1n) is 10.3. The molecular weight excluding hydrogens is 479 g/mol. The highest BCUT2D eigenvalue weighted by Gasteiger charge is 2.42. The summed E-state index contributed by atoms with van der Waals surface area (Å²) in [5, 5.41) is 3.44. The number of aliphatic imine (C=N–C) groups is 1. The first kappa shape index (κ1) is 22.1. The van der Waals surface area contributed by atoms with E-state index < -0.39 is 0 Å². The van der Waals surface area contributed by atoms with E-state index in [9.17, 15) is 0 Å². The van der Waals surface area contributed by atoms with Gasteiger partial charge in [-0.25, -0.2) is 4.98 Å². The predicted octanol–water partition coefficient (Wildman–Crippen LogP) is 3.89. The minimum atomic E-state index is 0. The van der Waals surface area contributed by atoms with Crippen molar-refractivity contribution in [3.63, 3.8) is 0 Å². The number of rotatable bonds is 5. The topological polar surface area (TPSA) is 62.9 Å². The third-order valence-corrected chi connectivity index (χ3v) is 5.74. The summed E-state index contributed by atoms with van der Waals surface area (Å²) < 4.78 is 11.3. The van der Waals surface area contributed by atoms with Crippen molar-refractivity contribution in [3.05, 3.63) is 41.8 Å². The van der Waals surface area contributed by atoms with Crippen LogP contribution in [-0.4, -0.2) is 55.2 Å². The molecule has 158 valence electrons. The maximum Gasteiger partial charge on any atom is 0.226 e. The van der Waals surface area contributed by atoms with Gasteiger partial charge in [0.25, 0.3) is 0 Å². The normalized spacial score (nSPS) is 21.6. The summed E-state index contributed by atoms with van der Waals surface area (Å²) in [6, 6.07) is 8.24. The number of benzene rings is 1. The van der Waals surface area contributed by atoms with Gasteiger partial charge < -0.3 is 19.4 Å². The highest BCUT2D eigenvalue weighted by Crippen LogP contribution is 2.38. The van der Waals surface area contributed by atoms with Crippen molar-refractivity contribution in [2.75, 3.05) is 39.4 Å². The Morgan fingerprint density at radius 3 is 2.83 bits per heavy atom. The molecule has 1 aromatic carbocycles. The van der Waals surface area contributed by atoms with Gasteiger partial charge in [0.2, 0.25) is 5.89 Å². The molecule has 1 unspecified atom stereocenters. The van der Waals surface area contributed by atoms with Crippen molar-refractivity contribution in [2.24, 2.45) is 10.4 Å². The minimum absolute atomic E-state index is 0. The Hall–Kier alpha value is -1.61. The van der Waals surface area contributed by atoms with Gasteiger partial charge in [0.1, 0.15) is 6.26 Å². The van der Waals surface area contributed by atoms with Crippen LogP contribution in [0.3, 0.4) is 0 Å². The van der Waals surface area contributed by atoms with Crippen LogP contribution in [0.1, 0.15) is 31.0 Å². The van der Waals surface area contributed by atoms with Gasteiger partial charge in [0.05, 0.1) is 12.3 Å². The number of guanidine groups is 1. The van der Waals surface area contributed by atoms with Crippen molar-refractivity contribution in [3.8, 4) is 11.5 Å². The molecule has 6 nitrogen and oxygen atoms in total. The molecule has 2 aliphatic rings. The number of halogens is 1. The number of hydrogen-bond donors (Lipinski definition) is 1. The highest BCUT2D eigenvalue weighted by atomic mass is 127. The van der Waals surface area contributed by atoms with E-state index in [1.165, 1.54) is 18.4 Å². The lowest BCUT2D eigenvalue weighted by atomic mass is 9.87. The van der Waals surface area contributed by atoms with Crippen molar-refractivity contribution in [1.82, 2.24) is 15.2 Å². The molecule has 7 heteroatoms. The van der Waals surface area contributed by atoms with E-state index in [1.54, 1.807) is 6.26 Å². The van der Waals surface area contributed by atoms with Crippen molar-refractivity contribution >= 4 is 29.9 Å². The highest BCUT2D eigenvalue weighted by molar-refractivity contribution is 14.0. The molecule has 0 radical (unpaired) electrons. The molecule has 1 aromatic heterocycles. The quantitative estimate of drug-likeness (QED) is 0.376. The van der Waals surface area contributed by atoms with E-state index in [0.717, 1.165) is 56.5 Å². The van der Waals surface area contributed by atoms with Gasteiger partial charge in [-0.3, -0.25) is 4.99 Å². The van der Waals surface area contributed by atoms with Crippen LogP contribution in [0.5, 0.6) is 0 Å². The first-order chi connectivity index (χ1) is 13.7. The molecule has 4 rings (SSSR count). The number of nitrogens with zero attached hydrogens (tertiary/aromatic N) is 3. The van der Waals surface area contributed by atoms with Crippen LogP contribution in [-0.2, 0) is 11.2 Å². The fraction of sp³-hybridized carbons (Fsp3) is 0.545. The zero-order valence-corrected chi connectivity index (χ0v) is 19.6. The van der Waals surface area contributed by atoms with Gasteiger partial charge in [0, 0.05) is 50.2 Å². The molecule has 0 bridgehead atoms. The van der Waals surface area contributed by atoms with Gasteiger partial charge in [-0.1, -0.05) is 17.7 Å². The smallest absolute Gasteiger partial charge is 0.226 e. The fourth-order valence-corrected chi connectivity index (χ4v) is 4.04. The Morgan fingerprint density at radius 2 is 2.10 bits per heavy atom. The zero-order valence-electron chi connectivity index (χ0n) is 17.3. The molecule has 2 aromatic rings. The molecule has 2 fully saturated rings. The first-order valence-corrected chi connectivity index (χ1v) is 10.3. The Labute approximate surface area is 190 Å². The molecule has 0 aliphatic carbocycles. The molecule has 0 saturated carbocycles. The molecule has 3 heterocycles. The van der Waals surface area contributed by atoms with Crippen molar-refractivity contribution in [2.45, 2.75) is 33.1 Å². The number of aryl methyl sites for hydroxylation is 1. The summed E-state index contributed by atoms with van der Waals surface area (Å²) in [5.74, 6) is 1.68. The molecule has 1 N–H and O–H groups in total. The number of likely N-dealkylation sites (tertiary alicyclic amines) is 1. The second-order valence-electron chi connectivity index (χ2n) is 7.97. The molecular formula is C22H31IN4O2. The summed E-state index contributed by atoms with van der Waals surface area (Å²) in [4.78, 5) is 11.9. The summed E-state index contributed by atoms with van der Waals surface area (Å²) in [6.07, 6.45) is 4.88. The molecule has 2 saturated heterocycles. The van der Waals surface area contributed by atoms with Crippen molar-refractivity contribution in [1.29, 1.82) is 0 Å². The van der Waals surface area contributed by atoms with Crippen LogP contribution in [0.4, 0.5) is 0 Å². The lowest BCUT2D eigenvalue weighted by molar-refractivity contribution is 0.156. The second kappa shape index (κ2) is 9.93. The average Bonchev–Trinajstić information content (AvgIpc) is 3.45. The van der Waals surface area contributed by atoms with Crippen LogP contribution in [0.2, 0.25) is 0 Å². The molecule has 1 spiro atoms. The van der Waals surface area contributed by atoms with E-state index in [2.05, 4.69) is 41.2 Å². The van der Waals surface area contributed by atoms with Gasteiger partial charge in [-0.15, -0.1) is 24.0 Å². The SMILES string of the molecule is CCNC(=NCCc1coc(-c2ccc(C)cc2)n1)N1CCC2(CCOC2)C1.I. The number of hydrogen-bond acceptors (Lipinski definition) is 4. The number of ether oxygens (including phenoxy) is 1. The van der Waals surface area contributed by atoms with E-state index in [-0.39, 0.29) is 24.0 Å². The standard InChI is InChI=1S/C22H30N4O2.HI/c1-3-23-21(26-12-9-22(15-26)10-13-27-16-22)24-11-8-19-14-28-20(25-19)18-6-4-17(2)5-7-18;/h4-7,14H,3,8-13,15-16H2,1-2H3,(H,23,24);1H. The van der Waals surface area contributed by atoms with Crippen LogP contribution < -0.4 is 5.32 Å². The monoisotopic (exact) mass is 510 g/mol. The largest absolute Gasteiger partial charge is 0.444 e. The molecule has 29 heavy (non-hydrogen) atoms. The third-order valence-electron chi connectivity index (χ3n) is 5.74. The third kappa shape index (κ3) is 5.31. The van der Waals surface area contributed by atoms with E-state index in [4.69, 9.17) is 14.1 Å². The maximum absolute atomic E-state index is 5.66. The van der Waals surface area contributed by atoms with Gasteiger partial charge in [0.15, 0.2) is 5.96 Å². The van der Waals surface area contributed by atoms with Gasteiger partial charge in [-0.2, -0.15) is 0 Å². The van der Waals surface area contributed by atoms with Crippen LogP contribution in [0, 0.1) is 12.3 Å².